The Bertz CT molecular complexity index is 2050. The van der Waals surface area contributed by atoms with E-state index in [1.807, 2.05) is 30.9 Å². The highest BCUT2D eigenvalue weighted by Gasteiger charge is 2.52. The maximum atomic E-state index is 10.9. The quantitative estimate of drug-likeness (QED) is 0.0451. The summed E-state index contributed by atoms with van der Waals surface area (Å²) in [4.78, 5) is 20.3. The monoisotopic (exact) mass is 932 g/mol. The molecule has 16 nitrogen and oxygen atoms in total. The van der Waals surface area contributed by atoms with Crippen LogP contribution in [0.1, 0.15) is 39.1 Å². The number of nitro groups is 2. The predicted octanol–water partition coefficient (Wildman–Crippen LogP) is 9.26. The SMILES string of the molecule is COc1cc([N+](=O)[O-])ccc1-c1cn(COCC[Si](C)(C)C)nc1C.COc1cc([N+](=O)[O-])ccc1Br.Cc1nn(COCC[Si](C)(C)C)cc1B1OC(C)(C)C(C)(C)O1. The van der Waals surface area contributed by atoms with Gasteiger partial charge in [-0.25, -0.2) is 9.36 Å². The van der Waals surface area contributed by atoms with Crippen LogP contribution in [0.4, 0.5) is 11.4 Å². The van der Waals surface area contributed by atoms with Crippen LogP contribution in [0.5, 0.6) is 11.5 Å². The second-order valence-electron chi connectivity index (χ2n) is 17.9. The molecule has 1 aliphatic rings. The van der Waals surface area contributed by atoms with Gasteiger partial charge in [0.05, 0.1) is 63.3 Å². The molecule has 60 heavy (non-hydrogen) atoms. The van der Waals surface area contributed by atoms with E-state index in [-0.39, 0.29) is 29.7 Å². The van der Waals surface area contributed by atoms with E-state index in [9.17, 15) is 20.2 Å². The molecule has 0 N–H and O–H groups in total. The molecule has 0 atom stereocenters. The molecule has 2 aromatic heterocycles. The minimum Gasteiger partial charge on any atom is -0.496 e. The first-order chi connectivity index (χ1) is 27.8. The Balaban J connectivity index is 0.000000254. The summed E-state index contributed by atoms with van der Waals surface area (Å²) >= 11 is 3.19. The smallest absolute Gasteiger partial charge is 0.496 e. The molecule has 2 aromatic carbocycles. The van der Waals surface area contributed by atoms with Crippen molar-refractivity contribution in [3.05, 3.63) is 84.9 Å². The standard InChI is InChI=1S/C17H25N3O4Si.C16H31BN2O3Si.C7H6BrNO3/c1-13-16(11-19(18-13)12-24-8-9-25(3,4)5)15-7-6-14(20(21)22)10-17(15)23-2;1-13-14(17-21-15(2,3)16(4,5)22-17)11-19(18-13)12-20-9-10-23(6,7)8;1-12-7-4-5(9(10)11)2-3-6(7)8/h6-7,10-11H,8-9,12H2,1-5H3;11H,9-10,12H2,1-8H3;2-4H,1H3. The highest BCUT2D eigenvalue weighted by atomic mass is 79.9. The highest BCUT2D eigenvalue weighted by Crippen LogP contribution is 2.37. The van der Waals surface area contributed by atoms with Crippen molar-refractivity contribution in [1.82, 2.24) is 19.6 Å². The molecule has 5 rings (SSSR count). The van der Waals surface area contributed by atoms with Crippen molar-refractivity contribution in [1.29, 1.82) is 0 Å². The Labute approximate surface area is 364 Å². The molecule has 330 valence electrons. The summed E-state index contributed by atoms with van der Waals surface area (Å²) in [5.41, 5.74) is 3.74. The largest absolute Gasteiger partial charge is 0.498 e. The van der Waals surface area contributed by atoms with Crippen LogP contribution in [-0.4, -0.2) is 91.3 Å². The van der Waals surface area contributed by atoms with Crippen molar-refractivity contribution in [2.45, 2.75) is 118 Å². The van der Waals surface area contributed by atoms with Gasteiger partial charge in [0, 0.05) is 70.5 Å². The maximum Gasteiger partial charge on any atom is 0.498 e. The summed E-state index contributed by atoms with van der Waals surface area (Å²) in [6.07, 6.45) is 3.86. The maximum absolute atomic E-state index is 10.9. The molecule has 0 amide bonds. The topological polar surface area (TPSA) is 177 Å². The van der Waals surface area contributed by atoms with Crippen LogP contribution < -0.4 is 14.9 Å². The molecule has 0 bridgehead atoms. The lowest BCUT2D eigenvalue weighted by Gasteiger charge is -2.32. The fourth-order valence-electron chi connectivity index (χ4n) is 5.50. The van der Waals surface area contributed by atoms with Gasteiger partial charge in [-0.1, -0.05) is 39.3 Å². The molecule has 4 aromatic rings. The van der Waals surface area contributed by atoms with Crippen LogP contribution in [0.3, 0.4) is 0 Å². The van der Waals surface area contributed by atoms with E-state index in [1.54, 1.807) is 16.8 Å². The van der Waals surface area contributed by atoms with Crippen molar-refractivity contribution in [2.24, 2.45) is 0 Å². The number of aryl methyl sites for hydroxylation is 2. The minimum atomic E-state index is -1.11. The zero-order valence-corrected chi connectivity index (χ0v) is 41.2. The summed E-state index contributed by atoms with van der Waals surface area (Å²) in [5.74, 6) is 0.917. The number of hydrogen-bond acceptors (Lipinski definition) is 12. The summed E-state index contributed by atoms with van der Waals surface area (Å²) in [6, 6.07) is 11.2. The van der Waals surface area contributed by atoms with Gasteiger partial charge in [0.15, 0.2) is 0 Å². The molecule has 0 saturated carbocycles. The van der Waals surface area contributed by atoms with Crippen molar-refractivity contribution in [2.75, 3.05) is 27.4 Å². The average Bonchev–Trinajstić information content (AvgIpc) is 3.78. The average molecular weight is 934 g/mol. The van der Waals surface area contributed by atoms with Gasteiger partial charge in [-0.2, -0.15) is 10.2 Å². The molecule has 0 radical (unpaired) electrons. The fourth-order valence-corrected chi connectivity index (χ4v) is 7.42. The van der Waals surface area contributed by atoms with E-state index in [1.165, 1.54) is 38.5 Å². The number of benzene rings is 2. The summed E-state index contributed by atoms with van der Waals surface area (Å²) < 4.78 is 38.2. The summed E-state index contributed by atoms with van der Waals surface area (Å²) in [7, 11) is 0.443. The van der Waals surface area contributed by atoms with Crippen LogP contribution in [0, 0.1) is 34.1 Å². The number of rotatable bonds is 16. The van der Waals surface area contributed by atoms with Crippen molar-refractivity contribution >= 4 is 56.0 Å². The number of non-ortho nitro benzene ring substituents is 2. The Morgan fingerprint density at radius 3 is 1.63 bits per heavy atom. The lowest BCUT2D eigenvalue weighted by molar-refractivity contribution is -0.385. The molecule has 20 heteroatoms. The van der Waals surface area contributed by atoms with E-state index in [4.69, 9.17) is 28.3 Å². The van der Waals surface area contributed by atoms with Crippen molar-refractivity contribution < 1.29 is 38.1 Å². The Morgan fingerprint density at radius 1 is 0.717 bits per heavy atom. The first-order valence-electron chi connectivity index (χ1n) is 19.7. The number of halogens is 1. The molecular formula is C40H62BBrN6O10Si2. The second kappa shape index (κ2) is 21.2. The van der Waals surface area contributed by atoms with Gasteiger partial charge in [-0.15, -0.1) is 0 Å². The Kier molecular flexibility index (Phi) is 17.9. The highest BCUT2D eigenvalue weighted by molar-refractivity contribution is 9.10. The third-order valence-electron chi connectivity index (χ3n) is 9.91. The first-order valence-corrected chi connectivity index (χ1v) is 27.9. The van der Waals surface area contributed by atoms with E-state index < -0.39 is 26.0 Å². The lowest BCUT2D eigenvalue weighted by Crippen LogP contribution is -2.41. The normalized spacial score (nSPS) is 14.5. The van der Waals surface area contributed by atoms with Gasteiger partial charge in [0.2, 0.25) is 0 Å². The molecule has 0 unspecified atom stereocenters. The van der Waals surface area contributed by atoms with Crippen LogP contribution in [0.15, 0.2) is 53.3 Å². The van der Waals surface area contributed by atoms with Gasteiger partial charge in [-0.05, 0) is 81.7 Å². The number of methoxy groups -OCH3 is 2. The Hall–Kier alpha value is -3.92. The zero-order valence-electron chi connectivity index (χ0n) is 37.6. The molecule has 1 saturated heterocycles. The number of hydrogen-bond donors (Lipinski definition) is 0. The van der Waals surface area contributed by atoms with Gasteiger partial charge in [0.25, 0.3) is 11.4 Å². The first kappa shape index (κ1) is 50.4. The number of ether oxygens (including phenoxy) is 4. The van der Waals surface area contributed by atoms with Crippen LogP contribution >= 0.6 is 15.9 Å². The van der Waals surface area contributed by atoms with Crippen LogP contribution in [0.2, 0.25) is 51.4 Å². The molecule has 0 aliphatic carbocycles. The Morgan fingerprint density at radius 2 is 1.17 bits per heavy atom. The molecular weight excluding hydrogens is 871 g/mol. The van der Waals surface area contributed by atoms with E-state index in [0.717, 1.165) is 53.3 Å². The van der Waals surface area contributed by atoms with Crippen LogP contribution in [0.25, 0.3) is 11.1 Å². The van der Waals surface area contributed by atoms with Crippen molar-refractivity contribution in [3.63, 3.8) is 0 Å². The number of aromatic nitrogens is 4. The number of nitro benzene ring substituents is 2. The summed E-state index contributed by atoms with van der Waals surface area (Å²) in [6.45, 7) is 28.5. The zero-order chi connectivity index (χ0) is 45.2. The second-order valence-corrected chi connectivity index (χ2v) is 30.0. The summed E-state index contributed by atoms with van der Waals surface area (Å²) in [5, 5.41) is 30.2. The fraction of sp³-hybridized carbons (Fsp3) is 0.550. The molecule has 1 fully saturated rings. The lowest BCUT2D eigenvalue weighted by atomic mass is 9.79. The van der Waals surface area contributed by atoms with Gasteiger partial charge in [-0.3, -0.25) is 20.2 Å². The third-order valence-corrected chi connectivity index (χ3v) is 14.0. The van der Waals surface area contributed by atoms with Crippen LogP contribution in [-0.2, 0) is 32.2 Å². The van der Waals surface area contributed by atoms with Crippen molar-refractivity contribution in [3.8, 4) is 22.6 Å². The third kappa shape index (κ3) is 14.9. The molecule has 0 spiro atoms. The minimum absolute atomic E-state index is 0.000301. The predicted molar refractivity (Wildman–Crippen MR) is 244 cm³/mol. The van der Waals surface area contributed by atoms with Gasteiger partial charge in [0.1, 0.15) is 25.0 Å². The molecule has 1 aliphatic heterocycles. The molecule has 3 heterocycles. The van der Waals surface area contributed by atoms with E-state index in [0.29, 0.717) is 29.4 Å². The van der Waals surface area contributed by atoms with E-state index in [2.05, 4.69) is 93.1 Å². The van der Waals surface area contributed by atoms with Gasteiger partial charge >= 0.3 is 7.12 Å². The van der Waals surface area contributed by atoms with E-state index >= 15 is 0 Å². The van der Waals surface area contributed by atoms with Gasteiger partial charge < -0.3 is 28.3 Å². The number of nitrogens with zero attached hydrogens (tertiary/aromatic N) is 6.